The maximum absolute atomic E-state index is 12.9. The fourth-order valence-corrected chi connectivity index (χ4v) is 1.27. The first-order valence-corrected chi connectivity index (χ1v) is 4.25. The third-order valence-corrected chi connectivity index (χ3v) is 1.94. The summed E-state index contributed by atoms with van der Waals surface area (Å²) in [4.78, 5) is 0. The summed E-state index contributed by atoms with van der Waals surface area (Å²) >= 11 is 0. The molecule has 3 nitrogen and oxygen atoms in total. The number of halogens is 2. The molecule has 0 aliphatic heterocycles. The number of nitrogens with one attached hydrogen (secondary N) is 1. The molecule has 1 N–H and O–H groups in total. The fourth-order valence-electron chi connectivity index (χ4n) is 1.27. The molecule has 0 radical (unpaired) electrons. The summed E-state index contributed by atoms with van der Waals surface area (Å²) in [5.41, 5.74) is 0.897. The van der Waals surface area contributed by atoms with E-state index in [9.17, 15) is 8.78 Å². The van der Waals surface area contributed by atoms with Crippen LogP contribution >= 0.6 is 0 Å². The standard InChI is InChI=1S/C10H8F2N2O/c1-15-10-5-9(13-14-10)6-2-7(11)4-8(12)3-6/h2-5H,1H3,(H,13,14). The highest BCUT2D eigenvalue weighted by atomic mass is 19.1. The van der Waals surface area contributed by atoms with Crippen molar-refractivity contribution in [3.8, 4) is 17.1 Å². The van der Waals surface area contributed by atoms with E-state index >= 15 is 0 Å². The van der Waals surface area contributed by atoms with Gasteiger partial charge < -0.3 is 4.74 Å². The Bertz CT molecular complexity index is 462. The van der Waals surface area contributed by atoms with Crippen molar-refractivity contribution in [1.82, 2.24) is 10.2 Å². The molecule has 1 aromatic heterocycles. The number of hydrogen-bond donors (Lipinski definition) is 1. The van der Waals surface area contributed by atoms with Crippen LogP contribution in [0, 0.1) is 11.6 Å². The minimum Gasteiger partial charge on any atom is -0.480 e. The topological polar surface area (TPSA) is 37.9 Å². The molecule has 78 valence electrons. The van der Waals surface area contributed by atoms with Crippen molar-refractivity contribution in [2.75, 3.05) is 7.11 Å². The van der Waals surface area contributed by atoms with E-state index in [0.29, 0.717) is 17.1 Å². The Labute approximate surface area is 84.7 Å². The highest BCUT2D eigenvalue weighted by Gasteiger charge is 2.06. The molecule has 0 atom stereocenters. The number of H-pyrrole nitrogens is 1. The largest absolute Gasteiger partial charge is 0.480 e. The Morgan fingerprint density at radius 1 is 1.13 bits per heavy atom. The van der Waals surface area contributed by atoms with Gasteiger partial charge in [-0.2, -0.15) is 0 Å². The lowest BCUT2D eigenvalue weighted by Gasteiger charge is -1.97. The zero-order chi connectivity index (χ0) is 10.8. The van der Waals surface area contributed by atoms with Gasteiger partial charge in [0.15, 0.2) is 0 Å². The summed E-state index contributed by atoms with van der Waals surface area (Å²) in [7, 11) is 1.46. The summed E-state index contributed by atoms with van der Waals surface area (Å²) in [6.07, 6.45) is 0. The second-order valence-corrected chi connectivity index (χ2v) is 2.98. The van der Waals surface area contributed by atoms with Gasteiger partial charge in [-0.1, -0.05) is 0 Å². The molecule has 0 aliphatic carbocycles. The predicted molar refractivity (Wildman–Crippen MR) is 50.5 cm³/mol. The third-order valence-electron chi connectivity index (χ3n) is 1.94. The number of aromatic nitrogens is 2. The number of aromatic amines is 1. The Hall–Kier alpha value is -1.91. The van der Waals surface area contributed by atoms with Gasteiger partial charge in [-0.15, -0.1) is 5.10 Å². The van der Waals surface area contributed by atoms with Crippen LogP contribution < -0.4 is 4.74 Å². The van der Waals surface area contributed by atoms with E-state index in [2.05, 4.69) is 10.2 Å². The van der Waals surface area contributed by atoms with Crippen molar-refractivity contribution in [2.24, 2.45) is 0 Å². The van der Waals surface area contributed by atoms with Crippen LogP contribution in [0.2, 0.25) is 0 Å². The van der Waals surface area contributed by atoms with Crippen LogP contribution in [0.1, 0.15) is 0 Å². The zero-order valence-corrected chi connectivity index (χ0v) is 7.92. The van der Waals surface area contributed by atoms with Crippen LogP contribution in [0.3, 0.4) is 0 Å². The minimum absolute atomic E-state index is 0.370. The van der Waals surface area contributed by atoms with Gasteiger partial charge in [0.25, 0.3) is 0 Å². The Balaban J connectivity index is 2.44. The van der Waals surface area contributed by atoms with Gasteiger partial charge >= 0.3 is 0 Å². The smallest absolute Gasteiger partial charge is 0.232 e. The summed E-state index contributed by atoms with van der Waals surface area (Å²) in [5.74, 6) is -0.883. The second kappa shape index (κ2) is 3.68. The lowest BCUT2D eigenvalue weighted by molar-refractivity contribution is 0.397. The number of methoxy groups -OCH3 is 1. The molecule has 0 aliphatic rings. The number of nitrogens with zero attached hydrogens (tertiary/aromatic N) is 1. The van der Waals surface area contributed by atoms with Crippen molar-refractivity contribution in [1.29, 1.82) is 0 Å². The van der Waals surface area contributed by atoms with Gasteiger partial charge in [0.1, 0.15) is 11.6 Å². The molecule has 0 bridgehead atoms. The molecule has 0 amide bonds. The molecule has 0 saturated heterocycles. The van der Waals surface area contributed by atoms with E-state index in [1.165, 1.54) is 19.2 Å². The second-order valence-electron chi connectivity index (χ2n) is 2.98. The van der Waals surface area contributed by atoms with Crippen LogP contribution in [0.15, 0.2) is 24.3 Å². The average Bonchev–Trinajstić information content (AvgIpc) is 2.64. The van der Waals surface area contributed by atoms with Gasteiger partial charge in [0.05, 0.1) is 12.8 Å². The quantitative estimate of drug-likeness (QED) is 0.826. The molecule has 0 saturated carbocycles. The Morgan fingerprint density at radius 3 is 2.33 bits per heavy atom. The molecule has 1 heterocycles. The zero-order valence-electron chi connectivity index (χ0n) is 7.92. The van der Waals surface area contributed by atoms with Crippen molar-refractivity contribution in [3.05, 3.63) is 35.9 Å². The van der Waals surface area contributed by atoms with Gasteiger partial charge in [-0.3, -0.25) is 5.10 Å². The maximum atomic E-state index is 12.9. The molecular formula is C10H8F2N2O. The SMILES string of the molecule is COc1cc(-c2cc(F)cc(F)c2)[nH]n1. The summed E-state index contributed by atoms with van der Waals surface area (Å²) in [6, 6.07) is 4.82. The highest BCUT2D eigenvalue weighted by Crippen LogP contribution is 2.22. The van der Waals surface area contributed by atoms with E-state index < -0.39 is 11.6 Å². The minimum atomic E-state index is -0.626. The first kappa shape index (κ1) is 9.64. The van der Waals surface area contributed by atoms with E-state index in [1.807, 2.05) is 0 Å². The average molecular weight is 210 g/mol. The first-order chi connectivity index (χ1) is 7.19. The maximum Gasteiger partial charge on any atom is 0.232 e. The third kappa shape index (κ3) is 1.96. The van der Waals surface area contributed by atoms with Crippen molar-refractivity contribution in [3.63, 3.8) is 0 Å². The number of benzene rings is 1. The summed E-state index contributed by atoms with van der Waals surface area (Å²) < 4.78 is 30.6. The lowest BCUT2D eigenvalue weighted by Crippen LogP contribution is -1.84. The van der Waals surface area contributed by atoms with Gasteiger partial charge in [-0.05, 0) is 12.1 Å². The van der Waals surface area contributed by atoms with Crippen LogP contribution in [0.5, 0.6) is 5.88 Å². The fraction of sp³-hybridized carbons (Fsp3) is 0.100. The first-order valence-electron chi connectivity index (χ1n) is 4.25. The summed E-state index contributed by atoms with van der Waals surface area (Å²) in [6.45, 7) is 0. The van der Waals surface area contributed by atoms with Crippen LogP contribution in [-0.4, -0.2) is 17.3 Å². The molecule has 2 aromatic rings. The van der Waals surface area contributed by atoms with Crippen LogP contribution in [-0.2, 0) is 0 Å². The van der Waals surface area contributed by atoms with E-state index in [-0.39, 0.29) is 0 Å². The van der Waals surface area contributed by atoms with E-state index in [4.69, 9.17) is 4.74 Å². The number of rotatable bonds is 2. The number of ether oxygens (including phenoxy) is 1. The van der Waals surface area contributed by atoms with E-state index in [1.54, 1.807) is 6.07 Å². The molecule has 0 spiro atoms. The lowest BCUT2D eigenvalue weighted by atomic mass is 10.1. The van der Waals surface area contributed by atoms with Gasteiger partial charge in [0, 0.05) is 17.7 Å². The Kier molecular flexibility index (Phi) is 2.37. The molecule has 0 fully saturated rings. The predicted octanol–water partition coefficient (Wildman–Crippen LogP) is 2.36. The van der Waals surface area contributed by atoms with Crippen molar-refractivity contribution >= 4 is 0 Å². The van der Waals surface area contributed by atoms with Gasteiger partial charge in [-0.25, -0.2) is 8.78 Å². The monoisotopic (exact) mass is 210 g/mol. The van der Waals surface area contributed by atoms with E-state index in [0.717, 1.165) is 6.07 Å². The van der Waals surface area contributed by atoms with Gasteiger partial charge in [0.2, 0.25) is 5.88 Å². The molecule has 5 heteroatoms. The molecule has 1 aromatic carbocycles. The normalized spacial score (nSPS) is 10.3. The molecule has 0 unspecified atom stereocenters. The van der Waals surface area contributed by atoms with Crippen LogP contribution in [0.25, 0.3) is 11.3 Å². The highest BCUT2D eigenvalue weighted by molar-refractivity contribution is 5.60. The molecule has 15 heavy (non-hydrogen) atoms. The summed E-state index contributed by atoms with van der Waals surface area (Å²) in [5, 5.41) is 6.40. The Morgan fingerprint density at radius 2 is 1.80 bits per heavy atom. The molecular weight excluding hydrogens is 202 g/mol. The van der Waals surface area contributed by atoms with Crippen molar-refractivity contribution < 1.29 is 13.5 Å². The van der Waals surface area contributed by atoms with Crippen molar-refractivity contribution in [2.45, 2.75) is 0 Å². The van der Waals surface area contributed by atoms with Crippen LogP contribution in [0.4, 0.5) is 8.78 Å². The number of hydrogen-bond acceptors (Lipinski definition) is 2. The molecule has 2 rings (SSSR count).